The third-order valence-corrected chi connectivity index (χ3v) is 4.27. The highest BCUT2D eigenvalue weighted by Crippen LogP contribution is 2.37. The van der Waals surface area contributed by atoms with Crippen LogP contribution in [0.15, 0.2) is 24.3 Å². The van der Waals surface area contributed by atoms with Crippen LogP contribution in [-0.2, 0) is 4.74 Å². The van der Waals surface area contributed by atoms with Crippen LogP contribution < -0.4 is 11.3 Å². The average Bonchev–Trinajstić information content (AvgIpc) is 2.37. The van der Waals surface area contributed by atoms with Gasteiger partial charge in [-0.25, -0.2) is 0 Å². The van der Waals surface area contributed by atoms with E-state index in [-0.39, 0.29) is 12.1 Å². The summed E-state index contributed by atoms with van der Waals surface area (Å²) in [5, 5.41) is 0. The summed E-state index contributed by atoms with van der Waals surface area (Å²) in [6, 6.07) is 8.91. The van der Waals surface area contributed by atoms with Crippen molar-refractivity contribution >= 4 is 0 Å². The fraction of sp³-hybridized carbons (Fsp3) is 0.625. The van der Waals surface area contributed by atoms with Gasteiger partial charge in [0.25, 0.3) is 0 Å². The lowest BCUT2D eigenvalue weighted by Gasteiger charge is -2.29. The van der Waals surface area contributed by atoms with Gasteiger partial charge >= 0.3 is 0 Å². The number of hydrogen-bond donors (Lipinski definition) is 2. The number of rotatable bonds is 7. The maximum atomic E-state index is 5.75. The molecular weight excluding hydrogens is 236 g/mol. The van der Waals surface area contributed by atoms with Crippen LogP contribution in [0.1, 0.15) is 62.1 Å². The molecule has 1 saturated carbocycles. The van der Waals surface area contributed by atoms with E-state index in [0.29, 0.717) is 0 Å². The largest absolute Gasteiger partial charge is 0.379 e. The number of nitrogens with one attached hydrogen (secondary N) is 1. The highest BCUT2D eigenvalue weighted by molar-refractivity contribution is 5.30. The van der Waals surface area contributed by atoms with Gasteiger partial charge in [-0.2, -0.15) is 0 Å². The molecule has 1 aliphatic rings. The van der Waals surface area contributed by atoms with E-state index < -0.39 is 0 Å². The van der Waals surface area contributed by atoms with E-state index >= 15 is 0 Å². The van der Waals surface area contributed by atoms with Crippen molar-refractivity contribution in [2.24, 2.45) is 5.84 Å². The Morgan fingerprint density at radius 1 is 1.42 bits per heavy atom. The molecule has 0 saturated heterocycles. The van der Waals surface area contributed by atoms with Crippen LogP contribution in [0.4, 0.5) is 0 Å². The Kier molecular flexibility index (Phi) is 5.37. The van der Waals surface area contributed by atoms with Gasteiger partial charge in [-0.15, -0.1) is 0 Å². The van der Waals surface area contributed by atoms with Crippen molar-refractivity contribution in [3.05, 3.63) is 35.4 Å². The van der Waals surface area contributed by atoms with Crippen LogP contribution in [0, 0.1) is 0 Å². The summed E-state index contributed by atoms with van der Waals surface area (Å²) >= 11 is 0. The molecule has 1 aromatic carbocycles. The van der Waals surface area contributed by atoms with E-state index in [4.69, 9.17) is 10.6 Å². The average molecular weight is 262 g/mol. The van der Waals surface area contributed by atoms with Crippen molar-refractivity contribution < 1.29 is 4.74 Å². The van der Waals surface area contributed by atoms with Crippen molar-refractivity contribution in [2.75, 3.05) is 7.11 Å². The number of benzene rings is 1. The molecule has 19 heavy (non-hydrogen) atoms. The number of hydrazine groups is 1. The summed E-state index contributed by atoms with van der Waals surface area (Å²) in [5.41, 5.74) is 5.63. The van der Waals surface area contributed by atoms with Gasteiger partial charge in [0.15, 0.2) is 0 Å². The molecule has 2 unspecified atom stereocenters. The van der Waals surface area contributed by atoms with E-state index in [1.54, 1.807) is 7.11 Å². The predicted octanol–water partition coefficient (Wildman–Crippen LogP) is 3.27. The lowest BCUT2D eigenvalue weighted by Crippen LogP contribution is -2.37. The maximum absolute atomic E-state index is 5.75. The molecule has 0 aromatic heterocycles. The minimum absolute atomic E-state index is 0.0741. The third-order valence-electron chi connectivity index (χ3n) is 4.27. The van der Waals surface area contributed by atoms with Crippen LogP contribution in [0.2, 0.25) is 0 Å². The van der Waals surface area contributed by atoms with Gasteiger partial charge in [0, 0.05) is 7.11 Å². The number of methoxy groups -OCH3 is 1. The summed E-state index contributed by atoms with van der Waals surface area (Å²) < 4.78 is 5.60. The lowest BCUT2D eigenvalue weighted by atomic mass is 9.79. The molecule has 106 valence electrons. The Hall–Kier alpha value is -0.900. The van der Waals surface area contributed by atoms with Crippen LogP contribution in [-0.4, -0.2) is 13.2 Å². The minimum atomic E-state index is 0.0741. The molecule has 3 nitrogen and oxygen atoms in total. The molecule has 0 bridgehead atoms. The molecule has 0 amide bonds. The number of nitrogens with two attached hydrogens (primary N) is 1. The molecule has 2 rings (SSSR count). The van der Waals surface area contributed by atoms with E-state index in [1.165, 1.54) is 30.4 Å². The van der Waals surface area contributed by atoms with Gasteiger partial charge in [0.2, 0.25) is 0 Å². The summed E-state index contributed by atoms with van der Waals surface area (Å²) in [7, 11) is 1.76. The first-order valence-corrected chi connectivity index (χ1v) is 7.39. The Bertz CT molecular complexity index is 390. The van der Waals surface area contributed by atoms with Crippen LogP contribution in [0.3, 0.4) is 0 Å². The molecule has 1 fully saturated rings. The molecule has 0 aliphatic heterocycles. The van der Waals surface area contributed by atoms with Gasteiger partial charge in [-0.1, -0.05) is 44.0 Å². The Morgan fingerprint density at radius 3 is 2.74 bits per heavy atom. The zero-order chi connectivity index (χ0) is 13.7. The van der Waals surface area contributed by atoms with E-state index in [2.05, 4.69) is 36.6 Å². The molecule has 0 spiro atoms. The SMILES string of the molecule is CCCC(OC)C(NN)c1cccc(C2CCC2)c1. The summed E-state index contributed by atoms with van der Waals surface area (Å²) in [5.74, 6) is 6.51. The van der Waals surface area contributed by atoms with Gasteiger partial charge in [0.1, 0.15) is 0 Å². The van der Waals surface area contributed by atoms with E-state index in [0.717, 1.165) is 18.8 Å². The molecule has 1 aliphatic carbocycles. The summed E-state index contributed by atoms with van der Waals surface area (Å²) in [6.07, 6.45) is 6.26. The summed E-state index contributed by atoms with van der Waals surface area (Å²) in [4.78, 5) is 0. The van der Waals surface area contributed by atoms with Crippen LogP contribution in [0.5, 0.6) is 0 Å². The Balaban J connectivity index is 2.16. The van der Waals surface area contributed by atoms with Crippen molar-refractivity contribution in [3.8, 4) is 0 Å². The van der Waals surface area contributed by atoms with Crippen molar-refractivity contribution in [1.82, 2.24) is 5.43 Å². The number of ether oxygens (including phenoxy) is 1. The van der Waals surface area contributed by atoms with Crippen LogP contribution in [0.25, 0.3) is 0 Å². The zero-order valence-corrected chi connectivity index (χ0v) is 12.1. The van der Waals surface area contributed by atoms with Crippen molar-refractivity contribution in [2.45, 2.75) is 57.1 Å². The predicted molar refractivity (Wildman–Crippen MR) is 78.8 cm³/mol. The lowest BCUT2D eigenvalue weighted by molar-refractivity contribution is 0.0606. The first-order valence-electron chi connectivity index (χ1n) is 7.39. The van der Waals surface area contributed by atoms with Crippen molar-refractivity contribution in [3.63, 3.8) is 0 Å². The first-order chi connectivity index (χ1) is 9.30. The van der Waals surface area contributed by atoms with Gasteiger partial charge < -0.3 is 4.74 Å². The van der Waals surface area contributed by atoms with Gasteiger partial charge in [-0.05, 0) is 36.3 Å². The first kappa shape index (κ1) is 14.5. The zero-order valence-electron chi connectivity index (χ0n) is 12.1. The fourth-order valence-corrected chi connectivity index (χ4v) is 2.87. The minimum Gasteiger partial charge on any atom is -0.379 e. The van der Waals surface area contributed by atoms with E-state index in [9.17, 15) is 0 Å². The standard InChI is InChI=1S/C16H26N2O/c1-3-6-15(19-2)16(18-17)14-10-5-9-13(11-14)12-7-4-8-12/h5,9-12,15-16,18H,3-4,6-8,17H2,1-2H3. The molecule has 3 heteroatoms. The second-order valence-electron chi connectivity index (χ2n) is 5.51. The molecule has 1 aromatic rings. The quantitative estimate of drug-likeness (QED) is 0.585. The number of hydrogen-bond acceptors (Lipinski definition) is 3. The molecule has 2 atom stereocenters. The second-order valence-corrected chi connectivity index (χ2v) is 5.51. The normalized spacial score (nSPS) is 18.9. The van der Waals surface area contributed by atoms with Crippen molar-refractivity contribution in [1.29, 1.82) is 0 Å². The highest BCUT2D eigenvalue weighted by atomic mass is 16.5. The topological polar surface area (TPSA) is 47.3 Å². The Labute approximate surface area is 116 Å². The third kappa shape index (κ3) is 3.35. The summed E-state index contributed by atoms with van der Waals surface area (Å²) in [6.45, 7) is 2.17. The fourth-order valence-electron chi connectivity index (χ4n) is 2.87. The molecular formula is C16H26N2O. The smallest absolute Gasteiger partial charge is 0.0778 e. The molecule has 3 N–H and O–H groups in total. The van der Waals surface area contributed by atoms with E-state index in [1.807, 2.05) is 0 Å². The van der Waals surface area contributed by atoms with Gasteiger partial charge in [-0.3, -0.25) is 11.3 Å². The van der Waals surface area contributed by atoms with Crippen LogP contribution >= 0.6 is 0 Å². The maximum Gasteiger partial charge on any atom is 0.0778 e. The molecule has 0 radical (unpaired) electrons. The monoisotopic (exact) mass is 262 g/mol. The Morgan fingerprint density at radius 2 is 2.21 bits per heavy atom. The second kappa shape index (κ2) is 7.04. The highest BCUT2D eigenvalue weighted by Gasteiger charge is 2.24. The van der Waals surface area contributed by atoms with Gasteiger partial charge in [0.05, 0.1) is 12.1 Å². The molecule has 0 heterocycles.